The number of aromatic nitrogens is 2. The monoisotopic (exact) mass is 254 g/mol. The molecule has 1 aliphatic heterocycles. The van der Waals surface area contributed by atoms with Gasteiger partial charge in [0.25, 0.3) is 5.95 Å². The quantitative estimate of drug-likeness (QED) is 0.805. The van der Waals surface area contributed by atoms with Crippen molar-refractivity contribution in [1.82, 2.24) is 15.0 Å². The Kier molecular flexibility index (Phi) is 4.14. The van der Waals surface area contributed by atoms with Crippen molar-refractivity contribution in [2.45, 2.75) is 19.3 Å². The zero-order valence-corrected chi connectivity index (χ0v) is 10.5. The number of hydrogen-bond donors (Lipinski definition) is 1. The second-order valence-electron chi connectivity index (χ2n) is 4.53. The molecule has 0 amide bonds. The Labute approximate surface area is 105 Å². The van der Waals surface area contributed by atoms with Crippen LogP contribution in [0.4, 0.5) is 5.95 Å². The van der Waals surface area contributed by atoms with Crippen LogP contribution in [0.25, 0.3) is 0 Å². The molecule has 1 saturated heterocycles. The third-order valence-electron chi connectivity index (χ3n) is 3.02. The van der Waals surface area contributed by atoms with Gasteiger partial charge in [-0.05, 0) is 18.6 Å². The summed E-state index contributed by atoms with van der Waals surface area (Å²) in [5.74, 6) is 0.340. The summed E-state index contributed by atoms with van der Waals surface area (Å²) >= 11 is 0. The SMILES string of the molecule is CN1CCN(c2noc(CCCC(=O)O)n2)CC1. The van der Waals surface area contributed by atoms with Gasteiger partial charge in [-0.15, -0.1) is 0 Å². The number of piperazine rings is 1. The number of carboxylic acid groups (broad SMARTS) is 1. The van der Waals surface area contributed by atoms with E-state index in [1.807, 2.05) is 0 Å². The average molecular weight is 254 g/mol. The maximum absolute atomic E-state index is 10.4. The molecule has 0 atom stereocenters. The molecule has 0 aromatic carbocycles. The van der Waals surface area contributed by atoms with Crippen LogP contribution in [0.1, 0.15) is 18.7 Å². The Balaban J connectivity index is 1.84. The van der Waals surface area contributed by atoms with Crippen LogP contribution < -0.4 is 4.90 Å². The molecule has 100 valence electrons. The van der Waals surface area contributed by atoms with Crippen LogP contribution in [0.15, 0.2) is 4.52 Å². The van der Waals surface area contributed by atoms with Gasteiger partial charge >= 0.3 is 5.97 Å². The number of nitrogens with zero attached hydrogens (tertiary/aromatic N) is 4. The Morgan fingerprint density at radius 3 is 2.78 bits per heavy atom. The van der Waals surface area contributed by atoms with Crippen molar-refractivity contribution >= 4 is 11.9 Å². The number of anilines is 1. The zero-order chi connectivity index (χ0) is 13.0. The molecule has 7 nitrogen and oxygen atoms in total. The summed E-state index contributed by atoms with van der Waals surface area (Å²) in [5, 5.41) is 12.5. The fraction of sp³-hybridized carbons (Fsp3) is 0.727. The average Bonchev–Trinajstić information content (AvgIpc) is 2.78. The first-order valence-corrected chi connectivity index (χ1v) is 6.13. The van der Waals surface area contributed by atoms with E-state index in [1.54, 1.807) is 0 Å². The van der Waals surface area contributed by atoms with Gasteiger partial charge in [-0.2, -0.15) is 4.98 Å². The summed E-state index contributed by atoms with van der Waals surface area (Å²) in [6.07, 6.45) is 1.18. The minimum absolute atomic E-state index is 0.131. The van der Waals surface area contributed by atoms with E-state index in [1.165, 1.54) is 0 Å². The van der Waals surface area contributed by atoms with Crippen molar-refractivity contribution in [2.75, 3.05) is 38.1 Å². The summed E-state index contributed by atoms with van der Waals surface area (Å²) in [7, 11) is 2.09. The second kappa shape index (κ2) is 5.81. The molecule has 0 bridgehead atoms. The van der Waals surface area contributed by atoms with Crippen LogP contribution in [0.3, 0.4) is 0 Å². The van der Waals surface area contributed by atoms with Gasteiger partial charge < -0.3 is 19.4 Å². The van der Waals surface area contributed by atoms with E-state index < -0.39 is 5.97 Å². The zero-order valence-electron chi connectivity index (χ0n) is 10.5. The number of hydrogen-bond acceptors (Lipinski definition) is 6. The highest BCUT2D eigenvalue weighted by Gasteiger charge is 2.18. The minimum Gasteiger partial charge on any atom is -0.481 e. The molecule has 18 heavy (non-hydrogen) atoms. The molecule has 2 rings (SSSR count). The van der Waals surface area contributed by atoms with Gasteiger partial charge in [-0.1, -0.05) is 0 Å². The summed E-state index contributed by atoms with van der Waals surface area (Å²) in [5.41, 5.74) is 0. The molecule has 1 aliphatic rings. The maximum Gasteiger partial charge on any atom is 0.303 e. The van der Waals surface area contributed by atoms with E-state index >= 15 is 0 Å². The van der Waals surface area contributed by atoms with Gasteiger partial charge in [0.1, 0.15) is 0 Å². The predicted octanol–water partition coefficient (Wildman–Crippen LogP) is 0.229. The summed E-state index contributed by atoms with van der Waals surface area (Å²) in [4.78, 5) is 19.0. The second-order valence-corrected chi connectivity index (χ2v) is 4.53. The van der Waals surface area contributed by atoms with E-state index in [9.17, 15) is 4.79 Å². The molecule has 0 aliphatic carbocycles. The predicted molar refractivity (Wildman–Crippen MR) is 64.6 cm³/mol. The Hall–Kier alpha value is -1.63. The smallest absolute Gasteiger partial charge is 0.303 e. The number of rotatable bonds is 5. The van der Waals surface area contributed by atoms with Crippen molar-refractivity contribution in [3.8, 4) is 0 Å². The van der Waals surface area contributed by atoms with E-state index in [-0.39, 0.29) is 6.42 Å². The lowest BCUT2D eigenvalue weighted by Crippen LogP contribution is -2.44. The lowest BCUT2D eigenvalue weighted by Gasteiger charge is -2.31. The first-order chi connectivity index (χ1) is 8.65. The molecule has 0 saturated carbocycles. The lowest BCUT2D eigenvalue weighted by molar-refractivity contribution is -0.137. The highest BCUT2D eigenvalue weighted by atomic mass is 16.5. The Morgan fingerprint density at radius 1 is 1.39 bits per heavy atom. The summed E-state index contributed by atoms with van der Waals surface area (Å²) in [6.45, 7) is 3.76. The first-order valence-electron chi connectivity index (χ1n) is 6.13. The fourth-order valence-electron chi connectivity index (χ4n) is 1.87. The van der Waals surface area contributed by atoms with Gasteiger partial charge in [0.05, 0.1) is 0 Å². The van der Waals surface area contributed by atoms with E-state index in [0.29, 0.717) is 24.7 Å². The standard InChI is InChI=1S/C11H18N4O3/c1-14-5-7-15(8-6-14)11-12-9(18-13-11)3-2-4-10(16)17/h2-8H2,1H3,(H,16,17). The largest absolute Gasteiger partial charge is 0.481 e. The van der Waals surface area contributed by atoms with Gasteiger partial charge in [-0.25, -0.2) is 0 Å². The third-order valence-corrected chi connectivity index (χ3v) is 3.02. The van der Waals surface area contributed by atoms with Gasteiger partial charge in [0, 0.05) is 39.0 Å². The van der Waals surface area contributed by atoms with Gasteiger partial charge in [-0.3, -0.25) is 4.79 Å². The first kappa shape index (κ1) is 12.8. The molecule has 7 heteroatoms. The van der Waals surface area contributed by atoms with E-state index in [0.717, 1.165) is 26.2 Å². The molecule has 1 N–H and O–H groups in total. The Bertz CT molecular complexity index is 399. The normalized spacial score (nSPS) is 17.1. The molecule has 1 aromatic heterocycles. The minimum atomic E-state index is -0.797. The fourth-order valence-corrected chi connectivity index (χ4v) is 1.87. The van der Waals surface area contributed by atoms with Crippen molar-refractivity contribution in [2.24, 2.45) is 0 Å². The molecule has 0 spiro atoms. The molecule has 1 fully saturated rings. The van der Waals surface area contributed by atoms with Crippen LogP contribution in [0.2, 0.25) is 0 Å². The summed E-state index contributed by atoms with van der Waals surface area (Å²) in [6, 6.07) is 0. The number of likely N-dealkylation sites (N-methyl/N-ethyl adjacent to an activating group) is 1. The molecule has 1 aromatic rings. The van der Waals surface area contributed by atoms with Crippen LogP contribution in [0.5, 0.6) is 0 Å². The number of carboxylic acids is 1. The van der Waals surface area contributed by atoms with Crippen LogP contribution in [-0.4, -0.2) is 59.3 Å². The van der Waals surface area contributed by atoms with Crippen LogP contribution >= 0.6 is 0 Å². The van der Waals surface area contributed by atoms with Crippen LogP contribution in [-0.2, 0) is 11.2 Å². The van der Waals surface area contributed by atoms with E-state index in [2.05, 4.69) is 27.0 Å². The van der Waals surface area contributed by atoms with Crippen LogP contribution in [0, 0.1) is 0 Å². The molecular weight excluding hydrogens is 236 g/mol. The highest BCUT2D eigenvalue weighted by molar-refractivity contribution is 5.66. The lowest BCUT2D eigenvalue weighted by atomic mass is 10.2. The molecule has 0 unspecified atom stereocenters. The van der Waals surface area contributed by atoms with Crippen molar-refractivity contribution in [3.63, 3.8) is 0 Å². The van der Waals surface area contributed by atoms with Gasteiger partial charge in [0.2, 0.25) is 5.89 Å². The molecule has 2 heterocycles. The summed E-state index contributed by atoms with van der Waals surface area (Å²) < 4.78 is 5.12. The van der Waals surface area contributed by atoms with Crippen molar-refractivity contribution < 1.29 is 14.4 Å². The number of aliphatic carboxylic acids is 1. The Morgan fingerprint density at radius 2 is 2.11 bits per heavy atom. The molecule has 0 radical (unpaired) electrons. The maximum atomic E-state index is 10.4. The topological polar surface area (TPSA) is 82.7 Å². The van der Waals surface area contributed by atoms with E-state index in [4.69, 9.17) is 9.63 Å². The number of carbonyl (C=O) groups is 1. The van der Waals surface area contributed by atoms with Crippen molar-refractivity contribution in [3.05, 3.63) is 5.89 Å². The van der Waals surface area contributed by atoms with Crippen molar-refractivity contribution in [1.29, 1.82) is 0 Å². The third kappa shape index (κ3) is 3.43. The molecular formula is C11H18N4O3. The van der Waals surface area contributed by atoms with Gasteiger partial charge in [0.15, 0.2) is 0 Å². The number of aryl methyl sites for hydroxylation is 1. The highest BCUT2D eigenvalue weighted by Crippen LogP contribution is 2.13.